The van der Waals surface area contributed by atoms with E-state index in [2.05, 4.69) is 16.9 Å². The molecule has 3 aromatic carbocycles. The Hall–Kier alpha value is -2.78. The van der Waals surface area contributed by atoms with Crippen molar-refractivity contribution in [2.75, 3.05) is 0 Å². The predicted molar refractivity (Wildman–Crippen MR) is 132 cm³/mol. The molecule has 4 rings (SSSR count). The third kappa shape index (κ3) is 5.52. The summed E-state index contributed by atoms with van der Waals surface area (Å²) in [4.78, 5) is 9.10. The summed E-state index contributed by atoms with van der Waals surface area (Å²) in [7, 11) is 0. The highest BCUT2D eigenvalue weighted by Crippen LogP contribution is 2.27. The van der Waals surface area contributed by atoms with Crippen molar-refractivity contribution in [2.24, 2.45) is 0 Å². The summed E-state index contributed by atoms with van der Waals surface area (Å²) in [5, 5.41) is 2.21. The highest BCUT2D eigenvalue weighted by Gasteiger charge is 2.10. The number of benzene rings is 3. The summed E-state index contributed by atoms with van der Waals surface area (Å²) in [6.45, 7) is 2.22. The number of unbranched alkanes of at least 4 members (excludes halogenated alkanes) is 3. The number of halogens is 2. The second-order valence-electron chi connectivity index (χ2n) is 8.33. The van der Waals surface area contributed by atoms with E-state index in [0.717, 1.165) is 34.9 Å². The van der Waals surface area contributed by atoms with Gasteiger partial charge >= 0.3 is 0 Å². The Morgan fingerprint density at radius 2 is 1.56 bits per heavy atom. The largest absolute Gasteiger partial charge is 0.236 e. The Morgan fingerprint density at radius 3 is 2.31 bits per heavy atom. The van der Waals surface area contributed by atoms with Crippen molar-refractivity contribution in [3.05, 3.63) is 94.5 Å². The third-order valence-electron chi connectivity index (χ3n) is 5.91. The summed E-state index contributed by atoms with van der Waals surface area (Å²) in [5.41, 5.74) is 3.95. The van der Waals surface area contributed by atoms with Gasteiger partial charge in [0, 0.05) is 28.4 Å². The van der Waals surface area contributed by atoms with Gasteiger partial charge in [0.1, 0.15) is 5.82 Å². The molecule has 0 saturated carbocycles. The SMILES string of the molecule is CCCCCCc1cnc(-c2ccc3c(F)c(CCc4ccc(Cl)cc4)ccc3c2)nc1. The van der Waals surface area contributed by atoms with E-state index in [1.165, 1.54) is 31.2 Å². The van der Waals surface area contributed by atoms with Crippen LogP contribution in [0.3, 0.4) is 0 Å². The molecule has 0 atom stereocenters. The molecule has 0 aliphatic carbocycles. The second kappa shape index (κ2) is 10.7. The van der Waals surface area contributed by atoms with Gasteiger partial charge in [-0.25, -0.2) is 14.4 Å². The number of nitrogens with zero attached hydrogens (tertiary/aromatic N) is 2. The van der Waals surface area contributed by atoms with Crippen LogP contribution in [0.25, 0.3) is 22.2 Å². The van der Waals surface area contributed by atoms with Crippen LogP contribution in [-0.2, 0) is 19.3 Å². The molecule has 4 heteroatoms. The maximum absolute atomic E-state index is 15.1. The van der Waals surface area contributed by atoms with E-state index in [1.807, 2.05) is 67.0 Å². The van der Waals surface area contributed by atoms with Crippen molar-refractivity contribution < 1.29 is 4.39 Å². The predicted octanol–water partition coefficient (Wildman–Crippen LogP) is 8.00. The van der Waals surface area contributed by atoms with Gasteiger partial charge < -0.3 is 0 Å². The molecule has 0 N–H and O–H groups in total. The monoisotopic (exact) mass is 446 g/mol. The van der Waals surface area contributed by atoms with E-state index in [4.69, 9.17) is 11.6 Å². The summed E-state index contributed by atoms with van der Waals surface area (Å²) in [6, 6.07) is 17.3. The highest BCUT2D eigenvalue weighted by molar-refractivity contribution is 6.30. The molecule has 0 radical (unpaired) electrons. The van der Waals surface area contributed by atoms with Crippen LogP contribution in [-0.4, -0.2) is 9.97 Å². The first-order chi connectivity index (χ1) is 15.6. The number of aryl methyl sites for hydroxylation is 3. The van der Waals surface area contributed by atoms with Crippen LogP contribution >= 0.6 is 11.6 Å². The van der Waals surface area contributed by atoms with Gasteiger partial charge in [-0.05, 0) is 66.0 Å². The minimum Gasteiger partial charge on any atom is -0.236 e. The molecule has 164 valence electrons. The van der Waals surface area contributed by atoms with Crippen molar-refractivity contribution in [3.63, 3.8) is 0 Å². The van der Waals surface area contributed by atoms with Crippen molar-refractivity contribution in [1.29, 1.82) is 0 Å². The average molecular weight is 447 g/mol. The lowest BCUT2D eigenvalue weighted by atomic mass is 9.99. The van der Waals surface area contributed by atoms with Gasteiger partial charge in [0.05, 0.1) is 0 Å². The maximum Gasteiger partial charge on any atom is 0.159 e. The second-order valence-corrected chi connectivity index (χ2v) is 8.76. The normalized spacial score (nSPS) is 11.2. The van der Waals surface area contributed by atoms with Crippen molar-refractivity contribution in [1.82, 2.24) is 9.97 Å². The van der Waals surface area contributed by atoms with Crippen LogP contribution in [0.5, 0.6) is 0 Å². The Bertz CT molecular complexity index is 1170. The summed E-state index contributed by atoms with van der Waals surface area (Å²) >= 11 is 5.95. The first kappa shape index (κ1) is 22.4. The molecule has 0 aliphatic rings. The quantitative estimate of drug-likeness (QED) is 0.243. The lowest BCUT2D eigenvalue weighted by molar-refractivity contribution is 0.620. The number of aromatic nitrogens is 2. The Morgan fingerprint density at radius 1 is 0.781 bits per heavy atom. The Balaban J connectivity index is 1.47. The van der Waals surface area contributed by atoms with E-state index in [-0.39, 0.29) is 5.82 Å². The Labute approximate surface area is 194 Å². The van der Waals surface area contributed by atoms with Crippen LogP contribution in [0.2, 0.25) is 5.02 Å². The highest BCUT2D eigenvalue weighted by atomic mass is 35.5. The van der Waals surface area contributed by atoms with Gasteiger partial charge in [-0.2, -0.15) is 0 Å². The number of rotatable bonds is 9. The molecular weight excluding hydrogens is 419 g/mol. The lowest BCUT2D eigenvalue weighted by Crippen LogP contribution is -1.97. The van der Waals surface area contributed by atoms with Gasteiger partial charge in [-0.3, -0.25) is 0 Å². The minimum absolute atomic E-state index is 0.147. The molecule has 1 aromatic heterocycles. The Kier molecular flexibility index (Phi) is 7.49. The fourth-order valence-electron chi connectivity index (χ4n) is 3.99. The van der Waals surface area contributed by atoms with Crippen LogP contribution in [0.15, 0.2) is 67.0 Å². The number of hydrogen-bond donors (Lipinski definition) is 0. The number of hydrogen-bond acceptors (Lipinski definition) is 2. The molecule has 0 saturated heterocycles. The zero-order chi connectivity index (χ0) is 22.3. The van der Waals surface area contributed by atoms with E-state index >= 15 is 4.39 Å². The fourth-order valence-corrected chi connectivity index (χ4v) is 4.11. The van der Waals surface area contributed by atoms with E-state index in [9.17, 15) is 0 Å². The molecule has 32 heavy (non-hydrogen) atoms. The minimum atomic E-state index is -0.147. The van der Waals surface area contributed by atoms with Crippen LogP contribution in [0.1, 0.15) is 49.3 Å². The number of fused-ring (bicyclic) bond motifs is 1. The van der Waals surface area contributed by atoms with E-state index in [0.29, 0.717) is 22.7 Å². The van der Waals surface area contributed by atoms with Crippen molar-refractivity contribution in [2.45, 2.75) is 51.9 Å². The molecular formula is C28H28ClFN2. The topological polar surface area (TPSA) is 25.8 Å². The molecule has 0 fully saturated rings. The maximum atomic E-state index is 15.1. The van der Waals surface area contributed by atoms with Gasteiger partial charge in [-0.1, -0.05) is 74.2 Å². The summed E-state index contributed by atoms with van der Waals surface area (Å²) < 4.78 is 15.1. The van der Waals surface area contributed by atoms with Gasteiger partial charge in [0.15, 0.2) is 5.82 Å². The molecule has 1 heterocycles. The average Bonchev–Trinajstić information content (AvgIpc) is 2.83. The van der Waals surface area contributed by atoms with Crippen LogP contribution in [0, 0.1) is 5.82 Å². The molecule has 0 aliphatic heterocycles. The smallest absolute Gasteiger partial charge is 0.159 e. The van der Waals surface area contributed by atoms with Gasteiger partial charge in [-0.15, -0.1) is 0 Å². The molecule has 4 aromatic rings. The molecule has 0 unspecified atom stereocenters. The van der Waals surface area contributed by atoms with Gasteiger partial charge in [0.25, 0.3) is 0 Å². The summed E-state index contributed by atoms with van der Waals surface area (Å²) in [5.74, 6) is 0.530. The molecule has 0 spiro atoms. The molecule has 0 amide bonds. The van der Waals surface area contributed by atoms with Crippen LogP contribution in [0.4, 0.5) is 4.39 Å². The zero-order valence-corrected chi connectivity index (χ0v) is 19.2. The van der Waals surface area contributed by atoms with E-state index < -0.39 is 0 Å². The van der Waals surface area contributed by atoms with Gasteiger partial charge in [0.2, 0.25) is 0 Å². The third-order valence-corrected chi connectivity index (χ3v) is 6.16. The van der Waals surface area contributed by atoms with E-state index in [1.54, 1.807) is 0 Å². The van der Waals surface area contributed by atoms with Crippen molar-refractivity contribution >= 4 is 22.4 Å². The molecule has 0 bridgehead atoms. The first-order valence-electron chi connectivity index (χ1n) is 11.4. The fraction of sp³-hybridized carbons (Fsp3) is 0.286. The molecule has 2 nitrogen and oxygen atoms in total. The first-order valence-corrected chi connectivity index (χ1v) is 11.8. The lowest BCUT2D eigenvalue weighted by Gasteiger charge is -2.09. The summed E-state index contributed by atoms with van der Waals surface area (Å²) in [6.07, 6.45) is 11.2. The zero-order valence-electron chi connectivity index (χ0n) is 18.5. The standard InChI is InChI=1S/C28H28ClFN2/c1-2-3-4-5-6-21-18-31-28(32-19-21)24-13-16-26-23(17-24)12-11-22(27(26)30)10-7-20-8-14-25(29)15-9-20/h8-9,11-19H,2-7,10H2,1H3. The van der Waals surface area contributed by atoms with Crippen molar-refractivity contribution in [3.8, 4) is 11.4 Å². The van der Waals surface area contributed by atoms with Crippen LogP contribution < -0.4 is 0 Å².